The van der Waals surface area contributed by atoms with Crippen molar-refractivity contribution in [3.05, 3.63) is 84.4 Å². The van der Waals surface area contributed by atoms with Gasteiger partial charge >= 0.3 is 0 Å². The first-order chi connectivity index (χ1) is 17.0. The first-order valence-corrected chi connectivity index (χ1v) is 13.1. The number of ether oxygens (including phenoxy) is 2. The van der Waals surface area contributed by atoms with Crippen LogP contribution < -0.4 is 19.1 Å². The summed E-state index contributed by atoms with van der Waals surface area (Å²) in [6.07, 6.45) is 2.37. The Kier molecular flexibility index (Phi) is 9.55. The molecule has 3 rings (SSSR count). The SMILES string of the molecule is CCCOc1ccccc1CCCNC(=O)CN(c1cccc(OC)c1)S(=O)(=O)c1ccccc1. The van der Waals surface area contributed by atoms with Crippen molar-refractivity contribution in [1.82, 2.24) is 5.32 Å². The van der Waals surface area contributed by atoms with Gasteiger partial charge in [-0.05, 0) is 55.2 Å². The van der Waals surface area contributed by atoms with Crippen molar-refractivity contribution in [1.29, 1.82) is 0 Å². The molecule has 7 nitrogen and oxygen atoms in total. The Morgan fingerprint density at radius 2 is 1.71 bits per heavy atom. The van der Waals surface area contributed by atoms with E-state index < -0.39 is 10.0 Å². The largest absolute Gasteiger partial charge is 0.497 e. The Bertz CT molecular complexity index is 1200. The average Bonchev–Trinajstić information content (AvgIpc) is 2.89. The summed E-state index contributed by atoms with van der Waals surface area (Å²) in [5.74, 6) is 0.974. The van der Waals surface area contributed by atoms with Crippen molar-refractivity contribution in [2.75, 3.05) is 31.1 Å². The van der Waals surface area contributed by atoms with Crippen LogP contribution in [0.2, 0.25) is 0 Å². The molecule has 0 aliphatic rings. The number of methoxy groups -OCH3 is 1. The number of hydrogen-bond donors (Lipinski definition) is 1. The van der Waals surface area contributed by atoms with Gasteiger partial charge in [-0.3, -0.25) is 9.10 Å². The summed E-state index contributed by atoms with van der Waals surface area (Å²) in [5.41, 5.74) is 1.44. The summed E-state index contributed by atoms with van der Waals surface area (Å²) in [6, 6.07) is 22.6. The van der Waals surface area contributed by atoms with Gasteiger partial charge in [0.05, 0.1) is 24.3 Å². The molecule has 0 aliphatic heterocycles. The lowest BCUT2D eigenvalue weighted by molar-refractivity contribution is -0.119. The Morgan fingerprint density at radius 3 is 2.46 bits per heavy atom. The third kappa shape index (κ3) is 7.23. The first-order valence-electron chi connectivity index (χ1n) is 11.6. The van der Waals surface area contributed by atoms with Crippen molar-refractivity contribution in [2.45, 2.75) is 31.1 Å². The molecule has 0 unspecified atom stereocenters. The molecular weight excluding hydrogens is 464 g/mol. The summed E-state index contributed by atoms with van der Waals surface area (Å²) in [6.45, 7) is 2.79. The molecule has 0 atom stereocenters. The summed E-state index contributed by atoms with van der Waals surface area (Å²) < 4.78 is 38.9. The number of rotatable bonds is 13. The number of para-hydroxylation sites is 1. The summed E-state index contributed by atoms with van der Waals surface area (Å²) in [7, 11) is -2.45. The molecule has 0 saturated carbocycles. The van der Waals surface area contributed by atoms with Gasteiger partial charge in [0.15, 0.2) is 0 Å². The van der Waals surface area contributed by atoms with Gasteiger partial charge in [0, 0.05) is 12.6 Å². The van der Waals surface area contributed by atoms with E-state index >= 15 is 0 Å². The summed E-state index contributed by atoms with van der Waals surface area (Å²) in [4.78, 5) is 12.9. The van der Waals surface area contributed by atoms with Gasteiger partial charge in [-0.2, -0.15) is 0 Å². The van der Waals surface area contributed by atoms with Crippen molar-refractivity contribution in [2.24, 2.45) is 0 Å². The monoisotopic (exact) mass is 496 g/mol. The van der Waals surface area contributed by atoms with Gasteiger partial charge in [0.2, 0.25) is 5.91 Å². The maximum Gasteiger partial charge on any atom is 0.264 e. The predicted octanol–water partition coefficient (Wildman–Crippen LogP) is 4.43. The zero-order valence-corrected chi connectivity index (χ0v) is 21.0. The van der Waals surface area contributed by atoms with Crippen LogP contribution in [0.1, 0.15) is 25.3 Å². The van der Waals surface area contributed by atoms with E-state index in [1.807, 2.05) is 24.3 Å². The van der Waals surface area contributed by atoms with Crippen molar-refractivity contribution < 1.29 is 22.7 Å². The second-order valence-corrected chi connectivity index (χ2v) is 9.80. The number of hydrogen-bond acceptors (Lipinski definition) is 5. The van der Waals surface area contributed by atoms with Crippen LogP contribution in [0.3, 0.4) is 0 Å². The molecule has 1 N–H and O–H groups in total. The van der Waals surface area contributed by atoms with Crippen LogP contribution in [0.25, 0.3) is 0 Å². The molecule has 0 aliphatic carbocycles. The molecule has 0 aromatic heterocycles. The van der Waals surface area contributed by atoms with Crippen molar-refractivity contribution >= 4 is 21.6 Å². The zero-order valence-electron chi connectivity index (χ0n) is 20.1. The molecule has 3 aromatic carbocycles. The molecule has 3 aromatic rings. The molecule has 0 heterocycles. The molecule has 8 heteroatoms. The van der Waals surface area contributed by atoms with E-state index in [-0.39, 0.29) is 17.3 Å². The molecular formula is C27H32N2O5S. The standard InChI is InChI=1S/C27H32N2O5S/c1-3-19-34-26-17-8-7-11-22(26)12-10-18-28-27(30)21-29(23-13-9-14-24(20-23)33-2)35(31,32)25-15-5-4-6-16-25/h4-9,11,13-17,20H,3,10,12,18-19,21H2,1-2H3,(H,28,30). The Hall–Kier alpha value is -3.52. The number of nitrogens with zero attached hydrogens (tertiary/aromatic N) is 1. The lowest BCUT2D eigenvalue weighted by Gasteiger charge is -2.24. The highest BCUT2D eigenvalue weighted by Crippen LogP contribution is 2.27. The molecule has 0 fully saturated rings. The fourth-order valence-corrected chi connectivity index (χ4v) is 4.99. The van der Waals surface area contributed by atoms with E-state index in [4.69, 9.17) is 9.47 Å². The maximum absolute atomic E-state index is 13.4. The van der Waals surface area contributed by atoms with Crippen LogP contribution in [0, 0.1) is 0 Å². The number of amides is 1. The topological polar surface area (TPSA) is 84.9 Å². The molecule has 35 heavy (non-hydrogen) atoms. The Labute approximate surface area is 207 Å². The molecule has 0 bridgehead atoms. The quantitative estimate of drug-likeness (QED) is 0.354. The predicted molar refractivity (Wildman–Crippen MR) is 138 cm³/mol. The zero-order chi connectivity index (χ0) is 25.1. The van der Waals surface area contributed by atoms with Gasteiger partial charge < -0.3 is 14.8 Å². The Morgan fingerprint density at radius 1 is 0.971 bits per heavy atom. The number of sulfonamides is 1. The fraction of sp³-hybridized carbons (Fsp3) is 0.296. The second-order valence-electron chi connectivity index (χ2n) is 7.94. The van der Waals surface area contributed by atoms with Gasteiger partial charge in [-0.1, -0.05) is 49.4 Å². The Balaban J connectivity index is 1.67. The van der Waals surface area contributed by atoms with Crippen molar-refractivity contribution in [3.8, 4) is 11.5 Å². The van der Waals surface area contributed by atoms with Crippen LogP contribution >= 0.6 is 0 Å². The highest BCUT2D eigenvalue weighted by molar-refractivity contribution is 7.92. The number of carbonyl (C=O) groups is 1. The van der Waals surface area contributed by atoms with Gasteiger partial charge in [0.1, 0.15) is 18.0 Å². The van der Waals surface area contributed by atoms with Gasteiger partial charge in [-0.25, -0.2) is 8.42 Å². The number of anilines is 1. The lowest BCUT2D eigenvalue weighted by Crippen LogP contribution is -2.41. The molecule has 186 valence electrons. The van der Waals surface area contributed by atoms with E-state index in [0.717, 1.165) is 28.5 Å². The number of benzene rings is 3. The minimum atomic E-state index is -3.96. The first kappa shape index (κ1) is 26.1. The van der Waals surface area contributed by atoms with Crippen LogP contribution in [-0.4, -0.2) is 41.1 Å². The third-order valence-electron chi connectivity index (χ3n) is 5.34. The molecule has 0 radical (unpaired) electrons. The summed E-state index contributed by atoms with van der Waals surface area (Å²) >= 11 is 0. The highest BCUT2D eigenvalue weighted by Gasteiger charge is 2.27. The fourth-order valence-electron chi connectivity index (χ4n) is 3.56. The smallest absolute Gasteiger partial charge is 0.264 e. The van der Waals surface area contributed by atoms with Crippen LogP contribution in [0.5, 0.6) is 11.5 Å². The second kappa shape index (κ2) is 12.8. The van der Waals surface area contributed by atoms with Crippen LogP contribution in [0.4, 0.5) is 5.69 Å². The van der Waals surface area contributed by atoms with Gasteiger partial charge in [0.25, 0.3) is 10.0 Å². The third-order valence-corrected chi connectivity index (χ3v) is 7.13. The minimum absolute atomic E-state index is 0.110. The van der Waals surface area contributed by atoms with Crippen LogP contribution in [0.15, 0.2) is 83.8 Å². The maximum atomic E-state index is 13.4. The number of aryl methyl sites for hydroxylation is 1. The van der Waals surface area contributed by atoms with E-state index in [0.29, 0.717) is 31.0 Å². The normalized spacial score (nSPS) is 11.0. The van der Waals surface area contributed by atoms with E-state index in [2.05, 4.69) is 12.2 Å². The number of nitrogens with one attached hydrogen (secondary N) is 1. The average molecular weight is 497 g/mol. The minimum Gasteiger partial charge on any atom is -0.497 e. The van der Waals surface area contributed by atoms with E-state index in [9.17, 15) is 13.2 Å². The van der Waals surface area contributed by atoms with E-state index in [1.54, 1.807) is 42.5 Å². The van der Waals surface area contributed by atoms with Crippen LogP contribution in [-0.2, 0) is 21.2 Å². The summed E-state index contributed by atoms with van der Waals surface area (Å²) in [5, 5.41) is 2.85. The highest BCUT2D eigenvalue weighted by atomic mass is 32.2. The molecule has 0 saturated heterocycles. The van der Waals surface area contributed by atoms with Gasteiger partial charge in [-0.15, -0.1) is 0 Å². The number of carbonyl (C=O) groups excluding carboxylic acids is 1. The molecule has 0 spiro atoms. The van der Waals surface area contributed by atoms with E-state index in [1.165, 1.54) is 19.2 Å². The van der Waals surface area contributed by atoms with Crippen molar-refractivity contribution in [3.63, 3.8) is 0 Å². The molecule has 1 amide bonds. The lowest BCUT2D eigenvalue weighted by atomic mass is 10.1.